The van der Waals surface area contributed by atoms with Crippen molar-refractivity contribution in [1.82, 2.24) is 10.4 Å². The van der Waals surface area contributed by atoms with Crippen molar-refractivity contribution >= 4 is 91.2 Å². The van der Waals surface area contributed by atoms with E-state index in [9.17, 15) is 19.5 Å². The molecule has 0 aliphatic heterocycles. The molecule has 0 heterocycles. The first-order chi connectivity index (χ1) is 13.5. The van der Waals surface area contributed by atoms with Gasteiger partial charge in [0.1, 0.15) is 0 Å². The van der Waals surface area contributed by atoms with E-state index in [1.165, 1.54) is 18.9 Å². The maximum Gasteiger partial charge on any atom is 0.279 e. The van der Waals surface area contributed by atoms with Gasteiger partial charge >= 0.3 is 0 Å². The topological polar surface area (TPSA) is 119 Å². The molecular weight excluding hydrogens is 723 g/mol. The molecule has 3 amide bonds. The Hall–Kier alpha value is -0.300. The number of nitrogens with one attached hydrogen (secondary N) is 1. The van der Waals surface area contributed by atoms with Gasteiger partial charge in [0.2, 0.25) is 5.91 Å². The van der Waals surface area contributed by atoms with Gasteiger partial charge < -0.3 is 20.4 Å². The summed E-state index contributed by atoms with van der Waals surface area (Å²) >= 11 is 5.87. The summed E-state index contributed by atoms with van der Waals surface area (Å²) in [5, 5.41) is 22.1. The zero-order valence-electron chi connectivity index (χ0n) is 16.3. The van der Waals surface area contributed by atoms with Crippen molar-refractivity contribution in [3.63, 3.8) is 0 Å². The molecule has 0 bridgehead atoms. The maximum absolute atomic E-state index is 13.0. The number of rotatable bonds is 8. The molecule has 0 aliphatic carbocycles. The number of hydroxylamine groups is 2. The first kappa shape index (κ1) is 26.7. The van der Waals surface area contributed by atoms with Gasteiger partial charge in [-0.15, -0.1) is 0 Å². The standard InChI is InChI=1S/C17H22I3N3O6/c1-5-29-23(4)17(28)11-12(18)10(16(27)21-6-9(26)7-24)13(19)15(14(11)20)22(3)8(2)25/h9,24,26H,5-7H2,1-4H3,(H,21,27). The molecule has 1 aromatic rings. The van der Waals surface area contributed by atoms with E-state index >= 15 is 0 Å². The second-order valence-electron chi connectivity index (χ2n) is 5.89. The van der Waals surface area contributed by atoms with E-state index in [2.05, 4.69) is 5.32 Å². The fourth-order valence-electron chi connectivity index (χ4n) is 2.26. The quantitative estimate of drug-likeness (QED) is 0.275. The predicted molar refractivity (Wildman–Crippen MR) is 133 cm³/mol. The zero-order valence-corrected chi connectivity index (χ0v) is 22.7. The highest BCUT2D eigenvalue weighted by Gasteiger charge is 2.31. The second-order valence-corrected chi connectivity index (χ2v) is 9.12. The minimum absolute atomic E-state index is 0.159. The van der Waals surface area contributed by atoms with E-state index in [1.54, 1.807) is 14.0 Å². The van der Waals surface area contributed by atoms with Gasteiger partial charge in [-0.05, 0) is 74.7 Å². The van der Waals surface area contributed by atoms with Crippen LogP contribution in [0.3, 0.4) is 0 Å². The van der Waals surface area contributed by atoms with Crippen LogP contribution in [0.25, 0.3) is 0 Å². The molecule has 9 nitrogen and oxygen atoms in total. The van der Waals surface area contributed by atoms with Crippen LogP contribution < -0.4 is 10.2 Å². The van der Waals surface area contributed by atoms with Crippen LogP contribution in [0.1, 0.15) is 34.6 Å². The summed E-state index contributed by atoms with van der Waals surface area (Å²) in [6.07, 6.45) is -1.11. The normalized spacial score (nSPS) is 11.8. The molecule has 0 radical (unpaired) electrons. The number of amides is 3. The van der Waals surface area contributed by atoms with Crippen molar-refractivity contribution in [1.29, 1.82) is 0 Å². The van der Waals surface area contributed by atoms with Gasteiger partial charge in [0.05, 0.1) is 43.3 Å². The molecule has 0 saturated heterocycles. The fourth-order valence-corrected chi connectivity index (χ4v) is 7.10. The van der Waals surface area contributed by atoms with Gasteiger partial charge in [-0.25, -0.2) is 5.06 Å². The smallest absolute Gasteiger partial charge is 0.279 e. The lowest BCUT2D eigenvalue weighted by Gasteiger charge is -2.25. The molecule has 0 spiro atoms. The summed E-state index contributed by atoms with van der Waals surface area (Å²) in [5.74, 6) is -1.26. The number of aliphatic hydroxyl groups excluding tert-OH is 2. The molecule has 3 N–H and O–H groups in total. The minimum Gasteiger partial charge on any atom is -0.394 e. The van der Waals surface area contributed by atoms with Crippen molar-refractivity contribution < 1.29 is 29.4 Å². The van der Waals surface area contributed by atoms with Crippen molar-refractivity contribution in [2.24, 2.45) is 0 Å². The maximum atomic E-state index is 13.0. The zero-order chi connectivity index (χ0) is 22.5. The van der Waals surface area contributed by atoms with E-state index in [0.717, 1.165) is 5.06 Å². The average molecular weight is 745 g/mol. The van der Waals surface area contributed by atoms with Crippen LogP contribution >= 0.6 is 67.8 Å². The highest BCUT2D eigenvalue weighted by molar-refractivity contribution is 14.1. The largest absolute Gasteiger partial charge is 0.394 e. The molecule has 1 aromatic carbocycles. The second kappa shape index (κ2) is 11.9. The third kappa shape index (κ3) is 6.34. The van der Waals surface area contributed by atoms with E-state index < -0.39 is 24.5 Å². The van der Waals surface area contributed by atoms with Crippen molar-refractivity contribution in [2.75, 3.05) is 38.8 Å². The molecule has 0 fully saturated rings. The number of carbonyl (C=O) groups excluding carboxylic acids is 3. The number of carbonyl (C=O) groups is 3. The molecule has 12 heteroatoms. The van der Waals surface area contributed by atoms with Crippen LogP contribution in [0, 0.1) is 10.7 Å². The third-order valence-electron chi connectivity index (χ3n) is 3.86. The van der Waals surface area contributed by atoms with Crippen molar-refractivity contribution in [3.05, 3.63) is 21.8 Å². The Bertz CT molecular complexity index is 805. The highest BCUT2D eigenvalue weighted by atomic mass is 127. The third-order valence-corrected chi connectivity index (χ3v) is 7.04. The number of halogens is 3. The highest BCUT2D eigenvalue weighted by Crippen LogP contribution is 2.38. The van der Waals surface area contributed by atoms with Gasteiger partial charge in [0, 0.05) is 31.1 Å². The average Bonchev–Trinajstić information content (AvgIpc) is 2.65. The summed E-state index contributed by atoms with van der Waals surface area (Å²) in [7, 11) is 3.04. The Morgan fingerprint density at radius 1 is 1.10 bits per heavy atom. The summed E-state index contributed by atoms with van der Waals surface area (Å²) in [6.45, 7) is 2.76. The lowest BCUT2D eigenvalue weighted by atomic mass is 10.1. The van der Waals surface area contributed by atoms with Crippen LogP contribution in [-0.2, 0) is 9.63 Å². The van der Waals surface area contributed by atoms with Gasteiger partial charge in [-0.2, -0.15) is 0 Å². The number of anilines is 1. The fraction of sp³-hybridized carbons (Fsp3) is 0.471. The molecule has 0 aliphatic rings. The van der Waals surface area contributed by atoms with Crippen LogP contribution in [0.4, 0.5) is 5.69 Å². The summed E-state index contributed by atoms with van der Waals surface area (Å²) in [4.78, 5) is 44.5. The molecular formula is C17H22I3N3O6. The minimum atomic E-state index is -1.11. The van der Waals surface area contributed by atoms with E-state index in [0.29, 0.717) is 16.4 Å². The molecule has 1 rings (SSSR count). The predicted octanol–water partition coefficient (Wildman–Crippen LogP) is 1.59. The number of hydrogen-bond acceptors (Lipinski definition) is 6. The van der Waals surface area contributed by atoms with Crippen LogP contribution in [0.15, 0.2) is 0 Å². The molecule has 1 atom stereocenters. The lowest BCUT2D eigenvalue weighted by Crippen LogP contribution is -2.36. The van der Waals surface area contributed by atoms with Crippen LogP contribution in [-0.4, -0.2) is 73.0 Å². The van der Waals surface area contributed by atoms with E-state index in [1.807, 2.05) is 67.8 Å². The first-order valence-electron chi connectivity index (χ1n) is 8.42. The molecule has 162 valence electrons. The monoisotopic (exact) mass is 745 g/mol. The number of hydrogen-bond donors (Lipinski definition) is 3. The Balaban J connectivity index is 3.68. The van der Waals surface area contributed by atoms with Gasteiger partial charge in [-0.3, -0.25) is 19.2 Å². The van der Waals surface area contributed by atoms with Gasteiger partial charge in [0.15, 0.2) is 0 Å². The van der Waals surface area contributed by atoms with Gasteiger partial charge in [-0.1, -0.05) is 0 Å². The van der Waals surface area contributed by atoms with E-state index in [-0.39, 0.29) is 30.2 Å². The Kier molecular flexibility index (Phi) is 11.0. The van der Waals surface area contributed by atoms with Gasteiger partial charge in [0.25, 0.3) is 11.8 Å². The van der Waals surface area contributed by atoms with Crippen LogP contribution in [0.2, 0.25) is 0 Å². The Morgan fingerprint density at radius 3 is 2.14 bits per heavy atom. The summed E-state index contributed by atoms with van der Waals surface area (Å²) in [5.41, 5.74) is 0.867. The summed E-state index contributed by atoms with van der Waals surface area (Å²) < 4.78 is 1.39. The first-order valence-corrected chi connectivity index (χ1v) is 11.7. The number of aliphatic hydroxyl groups is 2. The van der Waals surface area contributed by atoms with E-state index in [4.69, 9.17) is 9.94 Å². The van der Waals surface area contributed by atoms with Crippen LogP contribution in [0.5, 0.6) is 0 Å². The molecule has 1 unspecified atom stereocenters. The Morgan fingerprint density at radius 2 is 1.66 bits per heavy atom. The molecule has 0 saturated carbocycles. The van der Waals surface area contributed by atoms with Crippen molar-refractivity contribution in [2.45, 2.75) is 20.0 Å². The molecule has 0 aromatic heterocycles. The molecule has 29 heavy (non-hydrogen) atoms. The lowest BCUT2D eigenvalue weighted by molar-refractivity contribution is -0.116. The number of benzene rings is 1. The summed E-state index contributed by atoms with van der Waals surface area (Å²) in [6, 6.07) is 0. The number of nitrogens with zero attached hydrogens (tertiary/aromatic N) is 2. The van der Waals surface area contributed by atoms with Crippen molar-refractivity contribution in [3.8, 4) is 0 Å². The Labute approximate surface area is 209 Å². The SMILES string of the molecule is CCON(C)C(=O)c1c(I)c(C(=O)NCC(O)CO)c(I)c(N(C)C(C)=O)c1I.